The fraction of sp³-hybridized carbons (Fsp3) is 0.538. The van der Waals surface area contributed by atoms with Crippen LogP contribution in [-0.2, 0) is 6.54 Å². The van der Waals surface area contributed by atoms with Crippen molar-refractivity contribution in [3.8, 4) is 6.07 Å². The van der Waals surface area contributed by atoms with Crippen LogP contribution in [0, 0.1) is 23.7 Å². The summed E-state index contributed by atoms with van der Waals surface area (Å²) in [7, 11) is 0. The minimum atomic E-state index is -0.896. The molecule has 0 bridgehead atoms. The summed E-state index contributed by atoms with van der Waals surface area (Å²) in [6, 6.07) is 4.05. The van der Waals surface area contributed by atoms with Crippen LogP contribution < -0.4 is 0 Å². The molecule has 0 saturated heterocycles. The molecule has 0 saturated carbocycles. The highest BCUT2D eigenvalue weighted by Crippen LogP contribution is 2.21. The first-order valence-electron chi connectivity index (χ1n) is 5.67. The van der Waals surface area contributed by atoms with E-state index in [0.717, 1.165) is 18.4 Å². The van der Waals surface area contributed by atoms with Crippen molar-refractivity contribution in [2.24, 2.45) is 5.41 Å². The largest absolute Gasteiger partial charge is 0.477 e. The quantitative estimate of drug-likeness (QED) is 0.851. The predicted octanol–water partition coefficient (Wildman–Crippen LogP) is 2.82. The van der Waals surface area contributed by atoms with Crippen molar-refractivity contribution in [3.05, 3.63) is 23.5 Å². The summed E-state index contributed by atoms with van der Waals surface area (Å²) in [6.07, 6.45) is 3.35. The second kappa shape index (κ2) is 5.05. The molecular formula is C13H18N2O2. The van der Waals surface area contributed by atoms with E-state index in [2.05, 4.69) is 6.07 Å². The highest BCUT2D eigenvalue weighted by atomic mass is 16.4. The molecule has 0 amide bonds. The molecule has 4 nitrogen and oxygen atoms in total. The third-order valence-corrected chi connectivity index (χ3v) is 2.87. The molecule has 0 aliphatic rings. The van der Waals surface area contributed by atoms with Crippen molar-refractivity contribution in [3.63, 3.8) is 0 Å². The first-order chi connectivity index (χ1) is 7.87. The lowest BCUT2D eigenvalue weighted by Gasteiger charge is -2.15. The maximum Gasteiger partial charge on any atom is 0.352 e. The van der Waals surface area contributed by atoms with E-state index < -0.39 is 5.97 Å². The van der Waals surface area contributed by atoms with Crippen LogP contribution >= 0.6 is 0 Å². The zero-order valence-electron chi connectivity index (χ0n) is 10.5. The minimum absolute atomic E-state index is 0.342. The number of rotatable bonds is 5. The summed E-state index contributed by atoms with van der Waals surface area (Å²) in [5.74, 6) is -0.896. The van der Waals surface area contributed by atoms with E-state index in [1.807, 2.05) is 13.8 Å². The van der Waals surface area contributed by atoms with Crippen molar-refractivity contribution in [2.75, 3.05) is 0 Å². The van der Waals surface area contributed by atoms with Crippen LogP contribution in [0.4, 0.5) is 0 Å². The molecule has 4 heteroatoms. The van der Waals surface area contributed by atoms with E-state index in [1.54, 1.807) is 23.8 Å². The van der Waals surface area contributed by atoms with Gasteiger partial charge in [-0.05, 0) is 45.2 Å². The highest BCUT2D eigenvalue weighted by molar-refractivity contribution is 5.87. The van der Waals surface area contributed by atoms with Gasteiger partial charge in [0.25, 0.3) is 0 Å². The maximum atomic E-state index is 11.0. The van der Waals surface area contributed by atoms with E-state index in [9.17, 15) is 4.79 Å². The molecule has 1 aromatic heterocycles. The minimum Gasteiger partial charge on any atom is -0.477 e. The lowest BCUT2D eigenvalue weighted by molar-refractivity contribution is 0.0684. The normalized spacial score (nSPS) is 11.2. The van der Waals surface area contributed by atoms with Crippen molar-refractivity contribution in [1.82, 2.24) is 4.57 Å². The molecule has 0 fully saturated rings. The standard InChI is InChI=1S/C13H18N2O2/c1-10-5-8-15(11(10)12(16)17)7-4-6-13(2,3)9-14/h5,8H,4,6-7H2,1-3H3,(H,16,17). The van der Waals surface area contributed by atoms with Gasteiger partial charge in [-0.2, -0.15) is 5.26 Å². The number of nitrogens with zero attached hydrogens (tertiary/aromatic N) is 2. The first kappa shape index (κ1) is 13.3. The van der Waals surface area contributed by atoms with Crippen LogP contribution in [0.2, 0.25) is 0 Å². The number of hydrogen-bond acceptors (Lipinski definition) is 2. The van der Waals surface area contributed by atoms with Gasteiger partial charge in [0.2, 0.25) is 0 Å². The molecule has 0 radical (unpaired) electrons. The van der Waals surface area contributed by atoms with Crippen LogP contribution in [0.1, 0.15) is 42.7 Å². The highest BCUT2D eigenvalue weighted by Gasteiger charge is 2.17. The molecule has 17 heavy (non-hydrogen) atoms. The average Bonchev–Trinajstić information content (AvgIpc) is 2.59. The molecular weight excluding hydrogens is 216 g/mol. The number of nitriles is 1. The molecule has 0 spiro atoms. The molecule has 0 aliphatic carbocycles. The van der Waals surface area contributed by atoms with Gasteiger partial charge in [0.15, 0.2) is 0 Å². The van der Waals surface area contributed by atoms with Gasteiger partial charge in [0, 0.05) is 12.7 Å². The number of carbonyl (C=O) groups is 1. The average molecular weight is 234 g/mol. The summed E-state index contributed by atoms with van der Waals surface area (Å²) in [5, 5.41) is 18.0. The Bertz CT molecular complexity index is 452. The lowest BCUT2D eigenvalue weighted by atomic mass is 9.90. The van der Waals surface area contributed by atoms with Crippen molar-refractivity contribution >= 4 is 5.97 Å². The first-order valence-corrected chi connectivity index (χ1v) is 5.67. The number of aromatic nitrogens is 1. The monoisotopic (exact) mass is 234 g/mol. The smallest absolute Gasteiger partial charge is 0.352 e. The third kappa shape index (κ3) is 3.35. The lowest BCUT2D eigenvalue weighted by Crippen LogP contribution is -2.12. The Labute approximate surface area is 101 Å². The third-order valence-electron chi connectivity index (χ3n) is 2.87. The Kier molecular flexibility index (Phi) is 3.95. The van der Waals surface area contributed by atoms with E-state index in [1.165, 1.54) is 0 Å². The Morgan fingerprint density at radius 3 is 2.76 bits per heavy atom. The van der Waals surface area contributed by atoms with Gasteiger partial charge in [-0.25, -0.2) is 4.79 Å². The van der Waals surface area contributed by atoms with E-state index in [-0.39, 0.29) is 5.41 Å². The van der Waals surface area contributed by atoms with Gasteiger partial charge < -0.3 is 9.67 Å². The summed E-state index contributed by atoms with van der Waals surface area (Å²) in [6.45, 7) is 6.22. The second-order valence-electron chi connectivity index (χ2n) is 4.95. The van der Waals surface area contributed by atoms with Gasteiger partial charge >= 0.3 is 5.97 Å². The van der Waals surface area contributed by atoms with E-state index >= 15 is 0 Å². The van der Waals surface area contributed by atoms with Crippen LogP contribution in [0.25, 0.3) is 0 Å². The number of aromatic carboxylic acids is 1. The predicted molar refractivity (Wildman–Crippen MR) is 64.8 cm³/mol. The number of carboxylic acid groups (broad SMARTS) is 1. The van der Waals surface area contributed by atoms with Gasteiger partial charge in [0.1, 0.15) is 5.69 Å². The fourth-order valence-electron chi connectivity index (χ4n) is 1.81. The van der Waals surface area contributed by atoms with Crippen molar-refractivity contribution in [2.45, 2.75) is 40.2 Å². The molecule has 1 aromatic rings. The molecule has 1 N–H and O–H groups in total. The molecule has 0 unspecified atom stereocenters. The molecule has 0 aliphatic heterocycles. The van der Waals surface area contributed by atoms with Gasteiger partial charge in [-0.3, -0.25) is 0 Å². The number of carboxylic acids is 1. The summed E-state index contributed by atoms with van der Waals surface area (Å²) >= 11 is 0. The van der Waals surface area contributed by atoms with Crippen molar-refractivity contribution in [1.29, 1.82) is 5.26 Å². The maximum absolute atomic E-state index is 11.0. The second-order valence-corrected chi connectivity index (χ2v) is 4.95. The molecule has 1 rings (SSSR count). The van der Waals surface area contributed by atoms with Crippen LogP contribution in [0.15, 0.2) is 12.3 Å². The Balaban J connectivity index is 2.65. The van der Waals surface area contributed by atoms with Crippen LogP contribution in [0.5, 0.6) is 0 Å². The topological polar surface area (TPSA) is 66.0 Å². The van der Waals surface area contributed by atoms with Gasteiger partial charge in [-0.1, -0.05) is 0 Å². The molecule has 0 atom stereocenters. The van der Waals surface area contributed by atoms with E-state index in [4.69, 9.17) is 10.4 Å². The molecule has 92 valence electrons. The summed E-state index contributed by atoms with van der Waals surface area (Å²) in [4.78, 5) is 11.0. The zero-order valence-corrected chi connectivity index (χ0v) is 10.5. The zero-order chi connectivity index (χ0) is 13.1. The Hall–Kier alpha value is -1.76. The Morgan fingerprint density at radius 2 is 2.24 bits per heavy atom. The summed E-state index contributed by atoms with van der Waals surface area (Å²) in [5.41, 5.74) is 0.780. The van der Waals surface area contributed by atoms with Crippen LogP contribution in [-0.4, -0.2) is 15.6 Å². The van der Waals surface area contributed by atoms with Gasteiger partial charge in [0.05, 0.1) is 11.5 Å². The van der Waals surface area contributed by atoms with Crippen molar-refractivity contribution < 1.29 is 9.90 Å². The number of hydrogen-bond donors (Lipinski definition) is 1. The van der Waals surface area contributed by atoms with Crippen LogP contribution in [0.3, 0.4) is 0 Å². The van der Waals surface area contributed by atoms with Gasteiger partial charge in [-0.15, -0.1) is 0 Å². The SMILES string of the molecule is Cc1ccn(CCCC(C)(C)C#N)c1C(=O)O. The number of aryl methyl sites for hydroxylation is 2. The van der Waals surface area contributed by atoms with E-state index in [0.29, 0.717) is 12.2 Å². The Morgan fingerprint density at radius 1 is 1.59 bits per heavy atom. The molecule has 0 aromatic carbocycles. The fourth-order valence-corrected chi connectivity index (χ4v) is 1.81. The summed E-state index contributed by atoms with van der Waals surface area (Å²) < 4.78 is 1.74. The molecule has 1 heterocycles.